The molecule has 1 fully saturated rings. The number of carbonyl (C=O) groups excluding carboxylic acids is 2. The zero-order valence-electron chi connectivity index (χ0n) is 19.0. The van der Waals surface area contributed by atoms with Crippen LogP contribution in [0.1, 0.15) is 52.9 Å². The first-order valence-electron chi connectivity index (χ1n) is 11.8. The number of benzene rings is 2. The molecular formula is C27H27N3O4. The third-order valence-corrected chi connectivity index (χ3v) is 6.76. The van der Waals surface area contributed by atoms with Gasteiger partial charge in [-0.05, 0) is 60.9 Å². The molecule has 2 aromatic carbocycles. The molecular weight excluding hydrogens is 430 g/mol. The van der Waals surface area contributed by atoms with Gasteiger partial charge >= 0.3 is 0 Å². The van der Waals surface area contributed by atoms with Gasteiger partial charge in [-0.15, -0.1) is 0 Å². The van der Waals surface area contributed by atoms with Gasteiger partial charge in [-0.2, -0.15) is 5.26 Å². The molecule has 0 spiro atoms. The lowest BCUT2D eigenvalue weighted by Crippen LogP contribution is -2.25. The molecule has 1 saturated heterocycles. The average molecular weight is 458 g/mol. The van der Waals surface area contributed by atoms with Gasteiger partial charge in [-0.3, -0.25) is 9.59 Å². The van der Waals surface area contributed by atoms with Crippen LogP contribution in [-0.2, 0) is 28.9 Å². The third-order valence-electron chi connectivity index (χ3n) is 6.76. The van der Waals surface area contributed by atoms with Gasteiger partial charge in [-0.25, -0.2) is 0 Å². The maximum Gasteiger partial charge on any atom is 0.263 e. The van der Waals surface area contributed by atoms with Crippen molar-refractivity contribution < 1.29 is 19.1 Å². The van der Waals surface area contributed by atoms with Crippen LogP contribution in [0.15, 0.2) is 36.4 Å². The molecule has 1 aromatic heterocycles. The second kappa shape index (κ2) is 9.70. The van der Waals surface area contributed by atoms with Crippen LogP contribution < -0.4 is 10.1 Å². The van der Waals surface area contributed by atoms with E-state index in [0.29, 0.717) is 29.2 Å². The molecule has 1 aliphatic heterocycles. The average Bonchev–Trinajstić information content (AvgIpc) is 3.49. The second-order valence-electron chi connectivity index (χ2n) is 8.87. The van der Waals surface area contributed by atoms with Crippen LogP contribution in [0.25, 0.3) is 10.8 Å². The number of nitriles is 1. The third kappa shape index (κ3) is 4.17. The summed E-state index contributed by atoms with van der Waals surface area (Å²) < 4.78 is 13.7. The van der Waals surface area contributed by atoms with Gasteiger partial charge in [0.25, 0.3) is 5.91 Å². The largest absolute Gasteiger partial charge is 0.483 e. The predicted octanol–water partition coefficient (Wildman–Crippen LogP) is 4.40. The first kappa shape index (κ1) is 22.2. The molecule has 34 heavy (non-hydrogen) atoms. The van der Waals surface area contributed by atoms with Gasteiger partial charge in [0.1, 0.15) is 17.6 Å². The second-order valence-corrected chi connectivity index (χ2v) is 8.87. The van der Waals surface area contributed by atoms with Crippen molar-refractivity contribution in [1.82, 2.24) is 4.57 Å². The standard InChI is InChI=1S/C27H27N3O4/c28-14-22-21-9-3-4-10-24(21)30(15-19-7-5-13-33-19)27(22)29-26(32)17-34-25-12-11-18-6-1-2-8-20(18)23(25)16-31/h1-2,6,8,11-12,16,19H,3-5,7,9-10,13,15,17H2,(H,29,32). The molecule has 1 aliphatic carbocycles. The molecule has 1 atom stereocenters. The molecule has 1 unspecified atom stereocenters. The van der Waals surface area contributed by atoms with E-state index in [1.165, 1.54) is 0 Å². The topological polar surface area (TPSA) is 93.4 Å². The Hall–Kier alpha value is -3.63. The van der Waals surface area contributed by atoms with E-state index in [4.69, 9.17) is 9.47 Å². The van der Waals surface area contributed by atoms with Crippen molar-refractivity contribution >= 4 is 28.8 Å². The summed E-state index contributed by atoms with van der Waals surface area (Å²) in [4.78, 5) is 24.7. The van der Waals surface area contributed by atoms with Crippen LogP contribution in [0.2, 0.25) is 0 Å². The number of carbonyl (C=O) groups is 2. The molecule has 7 nitrogen and oxygen atoms in total. The lowest BCUT2D eigenvalue weighted by Gasteiger charge is -2.20. The van der Waals surface area contributed by atoms with E-state index in [9.17, 15) is 14.9 Å². The molecule has 2 heterocycles. The highest BCUT2D eigenvalue weighted by atomic mass is 16.5. The number of amides is 1. The number of fused-ring (bicyclic) bond motifs is 2. The van der Waals surface area contributed by atoms with Crippen LogP contribution in [-0.4, -0.2) is 36.1 Å². The van der Waals surface area contributed by atoms with E-state index >= 15 is 0 Å². The number of hydrogen-bond donors (Lipinski definition) is 1. The summed E-state index contributed by atoms with van der Waals surface area (Å²) in [6.45, 7) is 1.11. The van der Waals surface area contributed by atoms with Gasteiger partial charge < -0.3 is 19.4 Å². The van der Waals surface area contributed by atoms with Crippen LogP contribution in [0.5, 0.6) is 5.75 Å². The van der Waals surface area contributed by atoms with Crippen LogP contribution in [0.4, 0.5) is 5.82 Å². The summed E-state index contributed by atoms with van der Waals surface area (Å²) >= 11 is 0. The van der Waals surface area contributed by atoms with Crippen molar-refractivity contribution in [3.8, 4) is 11.8 Å². The summed E-state index contributed by atoms with van der Waals surface area (Å²) in [5.74, 6) is 0.524. The molecule has 3 aromatic rings. The van der Waals surface area contributed by atoms with Crippen molar-refractivity contribution in [3.05, 3.63) is 58.8 Å². The van der Waals surface area contributed by atoms with Crippen LogP contribution >= 0.6 is 0 Å². The van der Waals surface area contributed by atoms with Crippen molar-refractivity contribution in [2.45, 2.75) is 51.2 Å². The van der Waals surface area contributed by atoms with E-state index in [2.05, 4.69) is 16.0 Å². The Morgan fingerprint density at radius 1 is 1.21 bits per heavy atom. The van der Waals surface area contributed by atoms with E-state index in [1.807, 2.05) is 30.3 Å². The number of ether oxygens (including phenoxy) is 2. The minimum atomic E-state index is -0.370. The summed E-state index contributed by atoms with van der Waals surface area (Å²) in [7, 11) is 0. The highest BCUT2D eigenvalue weighted by Crippen LogP contribution is 2.34. The van der Waals surface area contributed by atoms with Crippen molar-refractivity contribution in [2.24, 2.45) is 0 Å². The molecule has 0 bridgehead atoms. The summed E-state index contributed by atoms with van der Waals surface area (Å²) in [6.07, 6.45) is 6.69. The lowest BCUT2D eigenvalue weighted by atomic mass is 9.95. The molecule has 0 radical (unpaired) electrons. The Bertz CT molecular complexity index is 1280. The Labute approximate surface area is 198 Å². The maximum absolute atomic E-state index is 12.9. The van der Waals surface area contributed by atoms with Gasteiger partial charge in [0, 0.05) is 12.3 Å². The summed E-state index contributed by atoms with van der Waals surface area (Å²) in [6, 6.07) is 13.4. The number of rotatable bonds is 7. The van der Waals surface area contributed by atoms with Gasteiger partial charge in [0.2, 0.25) is 0 Å². The fraction of sp³-hybridized carbons (Fsp3) is 0.370. The Kier molecular flexibility index (Phi) is 6.33. The first-order valence-corrected chi connectivity index (χ1v) is 11.8. The Morgan fingerprint density at radius 2 is 2.06 bits per heavy atom. The van der Waals surface area contributed by atoms with E-state index in [-0.39, 0.29) is 18.6 Å². The predicted molar refractivity (Wildman–Crippen MR) is 128 cm³/mol. The minimum Gasteiger partial charge on any atom is -0.483 e. The molecule has 2 aliphatic rings. The van der Waals surface area contributed by atoms with E-state index in [1.54, 1.807) is 6.07 Å². The smallest absolute Gasteiger partial charge is 0.263 e. The Balaban J connectivity index is 1.38. The zero-order valence-corrected chi connectivity index (χ0v) is 19.0. The number of hydrogen-bond acceptors (Lipinski definition) is 5. The minimum absolute atomic E-state index is 0.0876. The molecule has 1 N–H and O–H groups in total. The SMILES string of the molecule is N#Cc1c2c(n(CC3CCCO3)c1NC(=O)COc1ccc3ccccc3c1C=O)CCCC2. The fourth-order valence-corrected chi connectivity index (χ4v) is 5.15. The highest BCUT2D eigenvalue weighted by Gasteiger charge is 2.28. The van der Waals surface area contributed by atoms with Gasteiger partial charge in [0.05, 0.1) is 23.8 Å². The van der Waals surface area contributed by atoms with Crippen molar-refractivity contribution in [2.75, 3.05) is 18.5 Å². The monoisotopic (exact) mass is 457 g/mol. The molecule has 0 saturated carbocycles. The van der Waals surface area contributed by atoms with E-state index < -0.39 is 0 Å². The first-order chi connectivity index (χ1) is 16.7. The normalized spacial score (nSPS) is 17.2. The van der Waals surface area contributed by atoms with Gasteiger partial charge in [0.15, 0.2) is 12.9 Å². The number of aldehydes is 1. The van der Waals surface area contributed by atoms with Crippen LogP contribution in [0, 0.1) is 11.3 Å². The number of anilines is 1. The molecule has 1 amide bonds. The number of nitrogens with zero attached hydrogens (tertiary/aromatic N) is 2. The number of nitrogens with one attached hydrogen (secondary N) is 1. The number of aromatic nitrogens is 1. The lowest BCUT2D eigenvalue weighted by molar-refractivity contribution is -0.118. The van der Waals surface area contributed by atoms with Crippen molar-refractivity contribution in [1.29, 1.82) is 5.26 Å². The molecule has 174 valence electrons. The zero-order chi connectivity index (χ0) is 23.5. The Morgan fingerprint density at radius 3 is 2.85 bits per heavy atom. The summed E-state index contributed by atoms with van der Waals surface area (Å²) in [5.41, 5.74) is 3.13. The van der Waals surface area contributed by atoms with Crippen LogP contribution in [0.3, 0.4) is 0 Å². The van der Waals surface area contributed by atoms with E-state index in [0.717, 1.165) is 73.4 Å². The van der Waals surface area contributed by atoms with Gasteiger partial charge in [-0.1, -0.05) is 30.3 Å². The molecule has 7 heteroatoms. The quantitative estimate of drug-likeness (QED) is 0.531. The maximum atomic E-state index is 12.9. The summed E-state index contributed by atoms with van der Waals surface area (Å²) in [5, 5.41) is 14.6. The molecule has 5 rings (SSSR count). The highest BCUT2D eigenvalue weighted by molar-refractivity contribution is 6.01. The van der Waals surface area contributed by atoms with Crippen molar-refractivity contribution in [3.63, 3.8) is 0 Å². The fourth-order valence-electron chi connectivity index (χ4n) is 5.15.